The van der Waals surface area contributed by atoms with Gasteiger partial charge in [0.05, 0.1) is 5.56 Å². The Labute approximate surface area is 196 Å². The maximum atomic E-state index is 13.4. The highest BCUT2D eigenvalue weighted by molar-refractivity contribution is 6.02. The van der Waals surface area contributed by atoms with E-state index in [9.17, 15) is 22.8 Å². The van der Waals surface area contributed by atoms with E-state index in [1.54, 1.807) is 19.1 Å². The molecule has 1 aliphatic heterocycles. The van der Waals surface area contributed by atoms with Gasteiger partial charge in [-0.1, -0.05) is 60.2 Å². The van der Waals surface area contributed by atoms with E-state index in [0.717, 1.165) is 28.8 Å². The second kappa shape index (κ2) is 8.97. The molecule has 0 aliphatic carbocycles. The molecule has 2 amide bonds. The first-order chi connectivity index (χ1) is 16.1. The van der Waals surface area contributed by atoms with Gasteiger partial charge in [0.2, 0.25) is 5.91 Å². The molecule has 1 heterocycles. The standard InChI is InChI=1S/C27H25F3N2O2/c1-18-7-9-19(10-8-18)16-31-25(34)26(2)15-21-5-3-4-6-23(21)24(33)32(26)17-20-11-13-22(14-12-20)27(28,29)30/h3-14H,15-17H2,1-2H3,(H,31,34)/t26-/m1/s1. The summed E-state index contributed by atoms with van der Waals surface area (Å²) >= 11 is 0. The zero-order chi connectivity index (χ0) is 24.5. The highest BCUT2D eigenvalue weighted by atomic mass is 19.4. The number of hydrogen-bond acceptors (Lipinski definition) is 2. The number of rotatable bonds is 5. The Balaban J connectivity index is 1.62. The zero-order valence-corrected chi connectivity index (χ0v) is 18.9. The Kier molecular flexibility index (Phi) is 6.21. The van der Waals surface area contributed by atoms with Gasteiger partial charge in [-0.25, -0.2) is 0 Å². The zero-order valence-electron chi connectivity index (χ0n) is 18.9. The van der Waals surface area contributed by atoms with E-state index in [1.165, 1.54) is 17.0 Å². The molecule has 176 valence electrons. The Bertz CT molecular complexity index is 1200. The summed E-state index contributed by atoms with van der Waals surface area (Å²) in [5.74, 6) is -0.641. The Morgan fingerprint density at radius 2 is 1.59 bits per heavy atom. The van der Waals surface area contributed by atoms with Crippen LogP contribution in [0.4, 0.5) is 13.2 Å². The Morgan fingerprint density at radius 1 is 0.971 bits per heavy atom. The van der Waals surface area contributed by atoms with Crippen LogP contribution in [0.25, 0.3) is 0 Å². The quantitative estimate of drug-likeness (QED) is 0.556. The Morgan fingerprint density at radius 3 is 2.24 bits per heavy atom. The number of carbonyl (C=O) groups excluding carboxylic acids is 2. The molecule has 1 atom stereocenters. The van der Waals surface area contributed by atoms with Crippen LogP contribution in [-0.4, -0.2) is 22.3 Å². The molecule has 0 fully saturated rings. The number of amides is 2. The van der Waals surface area contributed by atoms with Crippen LogP contribution < -0.4 is 5.32 Å². The minimum Gasteiger partial charge on any atom is -0.350 e. The van der Waals surface area contributed by atoms with Gasteiger partial charge in [-0.3, -0.25) is 9.59 Å². The van der Waals surface area contributed by atoms with Crippen molar-refractivity contribution in [1.29, 1.82) is 0 Å². The lowest BCUT2D eigenvalue weighted by molar-refractivity contribution is -0.137. The first kappa shape index (κ1) is 23.5. The van der Waals surface area contributed by atoms with Gasteiger partial charge in [0.15, 0.2) is 0 Å². The summed E-state index contributed by atoms with van der Waals surface area (Å²) in [7, 11) is 0. The second-order valence-corrected chi connectivity index (χ2v) is 8.86. The number of hydrogen-bond donors (Lipinski definition) is 1. The normalized spacial score (nSPS) is 17.9. The lowest BCUT2D eigenvalue weighted by Crippen LogP contribution is -2.62. The lowest BCUT2D eigenvalue weighted by atomic mass is 9.82. The number of alkyl halides is 3. The van der Waals surface area contributed by atoms with Crippen molar-refractivity contribution < 1.29 is 22.8 Å². The van der Waals surface area contributed by atoms with Crippen molar-refractivity contribution in [1.82, 2.24) is 10.2 Å². The van der Waals surface area contributed by atoms with Crippen LogP contribution in [0.2, 0.25) is 0 Å². The van der Waals surface area contributed by atoms with Crippen molar-refractivity contribution in [3.8, 4) is 0 Å². The molecular formula is C27H25F3N2O2. The van der Waals surface area contributed by atoms with Crippen LogP contribution in [0, 0.1) is 6.92 Å². The minimum atomic E-state index is -4.44. The molecule has 4 rings (SSSR count). The summed E-state index contributed by atoms with van der Waals surface area (Å²) in [6.07, 6.45) is -4.14. The van der Waals surface area contributed by atoms with Gasteiger partial charge in [0.25, 0.3) is 5.91 Å². The fourth-order valence-corrected chi connectivity index (χ4v) is 4.23. The molecule has 1 aliphatic rings. The number of carbonyl (C=O) groups is 2. The van der Waals surface area contributed by atoms with Gasteiger partial charge in [-0.15, -0.1) is 0 Å². The maximum Gasteiger partial charge on any atom is 0.416 e. The fourth-order valence-electron chi connectivity index (χ4n) is 4.23. The van der Waals surface area contributed by atoms with E-state index >= 15 is 0 Å². The largest absolute Gasteiger partial charge is 0.416 e. The SMILES string of the molecule is Cc1ccc(CNC(=O)[C@@]2(C)Cc3ccccc3C(=O)N2Cc2ccc(C(F)(F)F)cc2)cc1. The third-order valence-corrected chi connectivity index (χ3v) is 6.31. The van der Waals surface area contributed by atoms with Crippen LogP contribution in [0.15, 0.2) is 72.8 Å². The number of nitrogens with one attached hydrogen (secondary N) is 1. The van der Waals surface area contributed by atoms with Crippen LogP contribution >= 0.6 is 0 Å². The molecule has 0 unspecified atom stereocenters. The number of nitrogens with zero attached hydrogens (tertiary/aromatic N) is 1. The monoisotopic (exact) mass is 466 g/mol. The molecule has 0 radical (unpaired) electrons. The molecule has 3 aromatic carbocycles. The third kappa shape index (κ3) is 4.69. The summed E-state index contributed by atoms with van der Waals surface area (Å²) in [5, 5.41) is 2.94. The average Bonchev–Trinajstić information content (AvgIpc) is 2.81. The summed E-state index contributed by atoms with van der Waals surface area (Å²) in [5.41, 5.74) is 1.85. The molecule has 7 heteroatoms. The van der Waals surface area contributed by atoms with Crippen molar-refractivity contribution in [2.24, 2.45) is 0 Å². The number of halogens is 3. The summed E-state index contributed by atoms with van der Waals surface area (Å²) < 4.78 is 38.9. The van der Waals surface area contributed by atoms with Gasteiger partial charge < -0.3 is 10.2 Å². The number of aryl methyl sites for hydroxylation is 1. The summed E-state index contributed by atoms with van der Waals surface area (Å²) in [6, 6.07) is 19.6. The second-order valence-electron chi connectivity index (χ2n) is 8.86. The van der Waals surface area contributed by atoms with Gasteiger partial charge in [-0.2, -0.15) is 13.2 Å². The van der Waals surface area contributed by atoms with E-state index in [0.29, 0.717) is 24.1 Å². The lowest BCUT2D eigenvalue weighted by Gasteiger charge is -2.44. The molecule has 34 heavy (non-hydrogen) atoms. The molecule has 0 saturated carbocycles. The molecular weight excluding hydrogens is 441 g/mol. The first-order valence-electron chi connectivity index (χ1n) is 11.0. The van der Waals surface area contributed by atoms with Crippen LogP contribution in [0.5, 0.6) is 0 Å². The van der Waals surface area contributed by atoms with E-state index in [1.807, 2.05) is 43.3 Å². The maximum absolute atomic E-state index is 13.4. The topological polar surface area (TPSA) is 49.4 Å². The van der Waals surface area contributed by atoms with Crippen molar-refractivity contribution >= 4 is 11.8 Å². The minimum absolute atomic E-state index is 0.0136. The number of benzene rings is 3. The van der Waals surface area contributed by atoms with Crippen molar-refractivity contribution in [3.63, 3.8) is 0 Å². The molecule has 4 nitrogen and oxygen atoms in total. The van der Waals surface area contributed by atoms with Gasteiger partial charge in [0.1, 0.15) is 5.54 Å². The average molecular weight is 467 g/mol. The van der Waals surface area contributed by atoms with Crippen molar-refractivity contribution in [2.45, 2.75) is 45.1 Å². The molecule has 0 saturated heterocycles. The molecule has 3 aromatic rings. The van der Waals surface area contributed by atoms with Gasteiger partial charge in [-0.05, 0) is 48.7 Å². The van der Waals surface area contributed by atoms with E-state index in [-0.39, 0.29) is 18.4 Å². The highest BCUT2D eigenvalue weighted by Crippen LogP contribution is 2.34. The van der Waals surface area contributed by atoms with Crippen molar-refractivity contribution in [2.75, 3.05) is 0 Å². The number of fused-ring (bicyclic) bond motifs is 1. The van der Waals surface area contributed by atoms with Crippen molar-refractivity contribution in [3.05, 3.63) is 106 Å². The van der Waals surface area contributed by atoms with E-state index in [2.05, 4.69) is 5.32 Å². The molecule has 0 aromatic heterocycles. The third-order valence-electron chi connectivity index (χ3n) is 6.31. The molecule has 1 N–H and O–H groups in total. The predicted molar refractivity (Wildman–Crippen MR) is 123 cm³/mol. The molecule has 0 bridgehead atoms. The van der Waals surface area contributed by atoms with E-state index < -0.39 is 17.3 Å². The summed E-state index contributed by atoms with van der Waals surface area (Å²) in [4.78, 5) is 28.4. The van der Waals surface area contributed by atoms with Crippen LogP contribution in [0.1, 0.15) is 45.1 Å². The predicted octanol–water partition coefficient (Wildman–Crippen LogP) is 5.29. The van der Waals surface area contributed by atoms with Crippen LogP contribution in [-0.2, 0) is 30.5 Å². The fraction of sp³-hybridized carbons (Fsp3) is 0.259. The van der Waals surface area contributed by atoms with Gasteiger partial charge in [0, 0.05) is 25.1 Å². The van der Waals surface area contributed by atoms with E-state index in [4.69, 9.17) is 0 Å². The molecule has 0 spiro atoms. The van der Waals surface area contributed by atoms with Crippen LogP contribution in [0.3, 0.4) is 0 Å². The highest BCUT2D eigenvalue weighted by Gasteiger charge is 2.46. The smallest absolute Gasteiger partial charge is 0.350 e. The summed E-state index contributed by atoms with van der Waals surface area (Å²) in [6.45, 7) is 4.00. The Hall–Kier alpha value is -3.61. The van der Waals surface area contributed by atoms with Gasteiger partial charge >= 0.3 is 6.18 Å². The first-order valence-corrected chi connectivity index (χ1v) is 11.0.